The Balaban J connectivity index is 1.30. The predicted molar refractivity (Wildman–Crippen MR) is 153 cm³/mol. The molecule has 0 saturated carbocycles. The lowest BCUT2D eigenvalue weighted by atomic mass is 10.0. The van der Waals surface area contributed by atoms with Crippen molar-refractivity contribution in [3.05, 3.63) is 89.7 Å². The highest BCUT2D eigenvalue weighted by atomic mass is 32.1. The summed E-state index contributed by atoms with van der Waals surface area (Å²) in [6, 6.07) is 24.5. The van der Waals surface area contributed by atoms with E-state index in [2.05, 4.69) is 67.8 Å². The third kappa shape index (κ3) is 5.30. The van der Waals surface area contributed by atoms with Crippen LogP contribution in [0, 0.1) is 0 Å². The lowest BCUT2D eigenvalue weighted by molar-refractivity contribution is 0.197. The number of aryl methyl sites for hydroxylation is 2. The largest absolute Gasteiger partial charge is 0.497 e. The Bertz CT molecular complexity index is 1500. The predicted octanol–water partition coefficient (Wildman–Crippen LogP) is 4.45. The second-order valence-electron chi connectivity index (χ2n) is 9.49. The standard InChI is InChI=1S/C29H31N7O2S/c1-37-22-12-13-25(38-2)23(20-22)27(28-31-32-33-36(28)15-14-21-8-4-3-5-9-21)34-16-18-35(19-17-34)29-30-24-10-6-7-11-26(24)39-29/h3-13,20,27H,14-19H2,1-2H3. The molecule has 3 aromatic carbocycles. The van der Waals surface area contributed by atoms with Gasteiger partial charge in [-0.15, -0.1) is 5.10 Å². The van der Waals surface area contributed by atoms with Crippen molar-refractivity contribution in [1.29, 1.82) is 0 Å². The van der Waals surface area contributed by atoms with Crippen LogP contribution >= 0.6 is 11.3 Å². The molecule has 1 aliphatic heterocycles. The number of hydrogen-bond donors (Lipinski definition) is 0. The monoisotopic (exact) mass is 541 g/mol. The van der Waals surface area contributed by atoms with E-state index < -0.39 is 0 Å². The second-order valence-corrected chi connectivity index (χ2v) is 10.5. The first kappa shape index (κ1) is 25.3. The van der Waals surface area contributed by atoms with Crippen molar-refractivity contribution in [2.75, 3.05) is 45.3 Å². The van der Waals surface area contributed by atoms with Gasteiger partial charge < -0.3 is 14.4 Å². The molecule has 200 valence electrons. The molecule has 1 saturated heterocycles. The molecule has 0 radical (unpaired) electrons. The first-order valence-electron chi connectivity index (χ1n) is 13.1. The van der Waals surface area contributed by atoms with Crippen molar-refractivity contribution < 1.29 is 9.47 Å². The Hall–Kier alpha value is -4.02. The highest BCUT2D eigenvalue weighted by molar-refractivity contribution is 7.22. The first-order chi connectivity index (χ1) is 19.2. The third-order valence-electron chi connectivity index (χ3n) is 7.22. The number of benzene rings is 3. The molecule has 1 fully saturated rings. The summed E-state index contributed by atoms with van der Waals surface area (Å²) in [6.45, 7) is 4.04. The number of fused-ring (bicyclic) bond motifs is 1. The van der Waals surface area contributed by atoms with Gasteiger partial charge in [-0.25, -0.2) is 9.67 Å². The zero-order valence-electron chi connectivity index (χ0n) is 22.1. The number of aromatic nitrogens is 5. The zero-order valence-corrected chi connectivity index (χ0v) is 22.9. The second kappa shape index (κ2) is 11.4. The third-order valence-corrected chi connectivity index (χ3v) is 8.32. The van der Waals surface area contributed by atoms with E-state index in [-0.39, 0.29) is 6.04 Å². The van der Waals surface area contributed by atoms with Gasteiger partial charge >= 0.3 is 0 Å². The maximum Gasteiger partial charge on any atom is 0.186 e. The van der Waals surface area contributed by atoms with Gasteiger partial charge in [0.15, 0.2) is 11.0 Å². The fourth-order valence-electron chi connectivity index (χ4n) is 5.17. The van der Waals surface area contributed by atoms with E-state index in [4.69, 9.17) is 14.5 Å². The zero-order chi connectivity index (χ0) is 26.6. The number of thiazole rings is 1. The van der Waals surface area contributed by atoms with E-state index in [1.54, 1.807) is 25.6 Å². The number of piperazine rings is 1. The lowest BCUT2D eigenvalue weighted by Crippen LogP contribution is -2.48. The first-order valence-corrected chi connectivity index (χ1v) is 13.9. The van der Waals surface area contributed by atoms with Crippen molar-refractivity contribution in [2.45, 2.75) is 19.0 Å². The smallest absolute Gasteiger partial charge is 0.186 e. The summed E-state index contributed by atoms with van der Waals surface area (Å²) in [7, 11) is 3.38. The van der Waals surface area contributed by atoms with Gasteiger partial charge in [0.1, 0.15) is 17.5 Å². The molecule has 0 N–H and O–H groups in total. The highest BCUT2D eigenvalue weighted by Gasteiger charge is 2.33. The molecule has 1 atom stereocenters. The van der Waals surface area contributed by atoms with E-state index in [0.717, 1.165) is 66.1 Å². The normalized spacial score (nSPS) is 15.0. The fraction of sp³-hybridized carbons (Fsp3) is 0.310. The van der Waals surface area contributed by atoms with Crippen molar-refractivity contribution in [3.63, 3.8) is 0 Å². The molecule has 6 rings (SSSR count). The van der Waals surface area contributed by atoms with E-state index in [0.29, 0.717) is 6.54 Å². The molecule has 0 aliphatic carbocycles. The maximum absolute atomic E-state index is 5.83. The average Bonchev–Trinajstić information content (AvgIpc) is 3.64. The van der Waals surface area contributed by atoms with Crippen LogP contribution in [0.25, 0.3) is 10.2 Å². The molecule has 5 aromatic rings. The summed E-state index contributed by atoms with van der Waals surface area (Å²) >= 11 is 1.75. The van der Waals surface area contributed by atoms with Crippen LogP contribution in [0.5, 0.6) is 11.5 Å². The van der Waals surface area contributed by atoms with Gasteiger partial charge in [-0.3, -0.25) is 4.90 Å². The molecule has 9 nitrogen and oxygen atoms in total. The van der Waals surface area contributed by atoms with E-state index >= 15 is 0 Å². The molecule has 39 heavy (non-hydrogen) atoms. The number of anilines is 1. The molecule has 0 spiro atoms. The summed E-state index contributed by atoms with van der Waals surface area (Å²) in [5, 5.41) is 14.1. The molecular formula is C29H31N7O2S. The number of nitrogens with zero attached hydrogens (tertiary/aromatic N) is 7. The summed E-state index contributed by atoms with van der Waals surface area (Å²) in [6.07, 6.45) is 0.840. The highest BCUT2D eigenvalue weighted by Crippen LogP contribution is 2.37. The van der Waals surface area contributed by atoms with Crippen molar-refractivity contribution in [2.24, 2.45) is 0 Å². The summed E-state index contributed by atoms with van der Waals surface area (Å²) in [5.41, 5.74) is 3.29. The maximum atomic E-state index is 5.83. The number of tetrazole rings is 1. The van der Waals surface area contributed by atoms with Crippen molar-refractivity contribution in [1.82, 2.24) is 30.1 Å². The molecule has 1 aliphatic rings. The van der Waals surface area contributed by atoms with Crippen LogP contribution in [0.4, 0.5) is 5.13 Å². The molecule has 3 heterocycles. The number of ether oxygens (including phenoxy) is 2. The summed E-state index contributed by atoms with van der Waals surface area (Å²) < 4.78 is 14.6. The Morgan fingerprint density at radius 2 is 1.69 bits per heavy atom. The van der Waals surface area contributed by atoms with Gasteiger partial charge in [0, 0.05) is 38.3 Å². The number of methoxy groups -OCH3 is 2. The van der Waals surface area contributed by atoms with E-state index in [9.17, 15) is 0 Å². The quantitative estimate of drug-likeness (QED) is 0.271. The summed E-state index contributed by atoms with van der Waals surface area (Å²) in [5.74, 6) is 2.35. The van der Waals surface area contributed by atoms with Gasteiger partial charge in [-0.05, 0) is 52.7 Å². The minimum absolute atomic E-state index is 0.196. The van der Waals surface area contributed by atoms with Gasteiger partial charge in [0.2, 0.25) is 0 Å². The molecule has 0 amide bonds. The van der Waals surface area contributed by atoms with Gasteiger partial charge in [0.05, 0.1) is 24.4 Å². The molecular weight excluding hydrogens is 510 g/mol. The van der Waals surface area contributed by atoms with E-state index in [1.807, 2.05) is 35.0 Å². The minimum Gasteiger partial charge on any atom is -0.497 e. The van der Waals surface area contributed by atoms with Crippen molar-refractivity contribution in [3.8, 4) is 11.5 Å². The van der Waals surface area contributed by atoms with Gasteiger partial charge in [-0.1, -0.05) is 53.8 Å². The van der Waals surface area contributed by atoms with Crippen LogP contribution in [0.2, 0.25) is 0 Å². The van der Waals surface area contributed by atoms with Crippen LogP contribution in [0.1, 0.15) is 23.0 Å². The van der Waals surface area contributed by atoms with Crippen LogP contribution in [0.15, 0.2) is 72.8 Å². The molecule has 2 aromatic heterocycles. The van der Waals surface area contributed by atoms with Crippen LogP contribution in [-0.4, -0.2) is 70.5 Å². The van der Waals surface area contributed by atoms with Crippen LogP contribution in [-0.2, 0) is 13.0 Å². The SMILES string of the molecule is COc1ccc(OC)c(C(c2nnnn2CCc2ccccc2)N2CCN(c3nc4ccccc4s3)CC2)c1. The van der Waals surface area contributed by atoms with Crippen LogP contribution in [0.3, 0.4) is 0 Å². The Kier molecular flexibility index (Phi) is 7.38. The molecule has 1 unspecified atom stereocenters. The number of rotatable bonds is 9. The topological polar surface area (TPSA) is 81.4 Å². The van der Waals surface area contributed by atoms with Crippen molar-refractivity contribution >= 4 is 26.7 Å². The van der Waals surface area contributed by atoms with E-state index in [1.165, 1.54) is 10.3 Å². The van der Waals surface area contributed by atoms with Crippen LogP contribution < -0.4 is 14.4 Å². The number of hydrogen-bond acceptors (Lipinski definition) is 9. The molecule has 0 bridgehead atoms. The minimum atomic E-state index is -0.196. The Morgan fingerprint density at radius 3 is 2.46 bits per heavy atom. The lowest BCUT2D eigenvalue weighted by Gasteiger charge is -2.39. The molecule has 10 heteroatoms. The fourth-order valence-corrected chi connectivity index (χ4v) is 6.18. The van der Waals surface area contributed by atoms with Gasteiger partial charge in [-0.2, -0.15) is 0 Å². The Morgan fingerprint density at radius 1 is 0.897 bits per heavy atom. The van der Waals surface area contributed by atoms with Gasteiger partial charge in [0.25, 0.3) is 0 Å². The Labute approximate surface area is 231 Å². The number of para-hydroxylation sites is 1. The summed E-state index contributed by atoms with van der Waals surface area (Å²) in [4.78, 5) is 9.70. The average molecular weight is 542 g/mol.